The number of carbonyl (C=O) groups is 1. The number of anilines is 1. The van der Waals surface area contributed by atoms with Crippen LogP contribution in [0.3, 0.4) is 0 Å². The van der Waals surface area contributed by atoms with E-state index in [0.29, 0.717) is 35.6 Å². The molecule has 0 spiro atoms. The fourth-order valence-electron chi connectivity index (χ4n) is 5.93. The van der Waals surface area contributed by atoms with Gasteiger partial charge in [-0.05, 0) is 67.8 Å². The average molecular weight is 643 g/mol. The van der Waals surface area contributed by atoms with Crippen molar-refractivity contribution in [2.75, 3.05) is 31.2 Å². The molecule has 6 rings (SSSR count). The molecule has 1 aliphatic heterocycles. The minimum Gasteiger partial charge on any atom is -0.378 e. The summed E-state index contributed by atoms with van der Waals surface area (Å²) < 4.78 is 8.63. The zero-order valence-electron chi connectivity index (χ0n) is 27.5. The number of aryl methyl sites for hydroxylation is 1. The van der Waals surface area contributed by atoms with E-state index in [9.17, 15) is 14.4 Å². The summed E-state index contributed by atoms with van der Waals surface area (Å²) in [5, 5.41) is 0.758. The van der Waals surface area contributed by atoms with Crippen molar-refractivity contribution >= 4 is 22.5 Å². The standard InChI is InChI=1S/C38H38N6O4/c1-26(2)44-36-33(24-40-35(41-36)22-28-12-14-30(15-13-28)42-18-20-48-21-19-42)27(3)31(38(44)47)9-4-5-11-34(45)32-10-7-17-43(37(32)46)25-29-8-6-16-39-23-29/h6-8,10,12-17,23-24,26H,5,11,18-22,25H2,1-3H3. The van der Waals surface area contributed by atoms with Crippen molar-refractivity contribution < 1.29 is 9.53 Å². The Bertz CT molecular complexity index is 2120. The van der Waals surface area contributed by atoms with Gasteiger partial charge in [-0.15, -0.1) is 0 Å². The summed E-state index contributed by atoms with van der Waals surface area (Å²) in [5.74, 6) is 6.38. The van der Waals surface area contributed by atoms with Gasteiger partial charge in [0, 0.05) is 74.3 Å². The van der Waals surface area contributed by atoms with Gasteiger partial charge in [0.2, 0.25) is 0 Å². The number of ketones is 1. The largest absolute Gasteiger partial charge is 0.378 e. The number of ether oxygens (including phenoxy) is 1. The van der Waals surface area contributed by atoms with Crippen LogP contribution in [-0.2, 0) is 17.7 Å². The number of morpholine rings is 1. The van der Waals surface area contributed by atoms with Gasteiger partial charge in [0.1, 0.15) is 11.5 Å². The third-order valence-electron chi connectivity index (χ3n) is 8.54. The fourth-order valence-corrected chi connectivity index (χ4v) is 5.93. The molecular formula is C38H38N6O4. The van der Waals surface area contributed by atoms with Gasteiger partial charge >= 0.3 is 0 Å². The first-order valence-corrected chi connectivity index (χ1v) is 16.2. The van der Waals surface area contributed by atoms with Crippen molar-refractivity contribution in [3.63, 3.8) is 0 Å². The van der Waals surface area contributed by atoms with Crippen LogP contribution >= 0.6 is 0 Å². The first-order chi connectivity index (χ1) is 23.3. The average Bonchev–Trinajstić information content (AvgIpc) is 3.09. The Hall–Kier alpha value is -5.40. The Labute approximate surface area is 279 Å². The predicted molar refractivity (Wildman–Crippen MR) is 186 cm³/mol. The quantitative estimate of drug-likeness (QED) is 0.168. The molecule has 4 aromatic heterocycles. The Morgan fingerprint density at radius 3 is 2.50 bits per heavy atom. The number of carbonyl (C=O) groups excluding carboxylic acids is 1. The van der Waals surface area contributed by atoms with Crippen LogP contribution in [0, 0.1) is 18.8 Å². The zero-order valence-corrected chi connectivity index (χ0v) is 27.5. The molecule has 0 aliphatic carbocycles. The zero-order chi connectivity index (χ0) is 33.6. The van der Waals surface area contributed by atoms with Crippen LogP contribution in [-0.4, -0.2) is 56.2 Å². The monoisotopic (exact) mass is 642 g/mol. The van der Waals surface area contributed by atoms with Gasteiger partial charge in [-0.2, -0.15) is 0 Å². The number of aromatic nitrogens is 5. The topological polar surface area (TPSA) is 112 Å². The van der Waals surface area contributed by atoms with Gasteiger partial charge in [-0.25, -0.2) is 9.97 Å². The number of fused-ring (bicyclic) bond motifs is 1. The van der Waals surface area contributed by atoms with Gasteiger partial charge in [0.05, 0.1) is 30.9 Å². The van der Waals surface area contributed by atoms with E-state index in [2.05, 4.69) is 51.0 Å². The molecule has 1 aromatic carbocycles. The van der Waals surface area contributed by atoms with E-state index in [1.165, 1.54) is 10.3 Å². The normalized spacial score (nSPS) is 13.0. The molecule has 1 saturated heterocycles. The Morgan fingerprint density at radius 1 is 0.979 bits per heavy atom. The van der Waals surface area contributed by atoms with E-state index < -0.39 is 0 Å². The van der Waals surface area contributed by atoms with Crippen molar-refractivity contribution in [2.45, 2.75) is 52.6 Å². The summed E-state index contributed by atoms with van der Waals surface area (Å²) in [6.45, 7) is 9.31. The number of Topliss-reactive ketones (excluding diaryl/α,β-unsaturated/α-hetero) is 1. The Morgan fingerprint density at radius 2 is 1.77 bits per heavy atom. The summed E-state index contributed by atoms with van der Waals surface area (Å²) in [6, 6.07) is 15.2. The highest BCUT2D eigenvalue weighted by molar-refractivity contribution is 5.95. The third-order valence-corrected chi connectivity index (χ3v) is 8.54. The first kappa shape index (κ1) is 32.5. The Kier molecular flexibility index (Phi) is 9.88. The number of rotatable bonds is 9. The highest BCUT2D eigenvalue weighted by Crippen LogP contribution is 2.22. The lowest BCUT2D eigenvalue weighted by Gasteiger charge is -2.28. The second kappa shape index (κ2) is 14.6. The molecule has 0 bridgehead atoms. The molecule has 0 saturated carbocycles. The van der Waals surface area contributed by atoms with E-state index in [1.807, 2.05) is 26.8 Å². The van der Waals surface area contributed by atoms with Crippen LogP contribution in [0.15, 0.2) is 82.9 Å². The highest BCUT2D eigenvalue weighted by atomic mass is 16.5. The van der Waals surface area contributed by atoms with Crippen LogP contribution in [0.2, 0.25) is 0 Å². The van der Waals surface area contributed by atoms with Crippen LogP contribution in [0.4, 0.5) is 5.69 Å². The van der Waals surface area contributed by atoms with E-state index in [0.717, 1.165) is 42.8 Å². The maximum absolute atomic E-state index is 13.8. The number of nitrogens with zero attached hydrogens (tertiary/aromatic N) is 6. The maximum atomic E-state index is 13.8. The second-order valence-electron chi connectivity index (χ2n) is 12.2. The van der Waals surface area contributed by atoms with Gasteiger partial charge in [0.15, 0.2) is 5.78 Å². The van der Waals surface area contributed by atoms with E-state index in [-0.39, 0.29) is 41.3 Å². The van der Waals surface area contributed by atoms with Crippen molar-refractivity contribution in [2.24, 2.45) is 0 Å². The third kappa shape index (κ3) is 7.11. The van der Waals surface area contributed by atoms with Gasteiger partial charge in [-0.1, -0.05) is 30.0 Å². The Balaban J connectivity index is 1.19. The highest BCUT2D eigenvalue weighted by Gasteiger charge is 2.18. The molecule has 0 unspecified atom stereocenters. The van der Waals surface area contributed by atoms with Gasteiger partial charge in [0.25, 0.3) is 11.1 Å². The minimum atomic E-state index is -0.353. The number of benzene rings is 1. The second-order valence-corrected chi connectivity index (χ2v) is 12.2. The van der Waals surface area contributed by atoms with Crippen LogP contribution < -0.4 is 16.0 Å². The summed E-state index contributed by atoms with van der Waals surface area (Å²) in [4.78, 5) is 55.7. The summed E-state index contributed by atoms with van der Waals surface area (Å²) >= 11 is 0. The SMILES string of the molecule is Cc1c(C#CCCC(=O)c2cccn(Cc3cccnc3)c2=O)c(=O)n(C(C)C)c2nc(Cc3ccc(N4CCOCC4)cc3)ncc12. The molecule has 48 heavy (non-hydrogen) atoms. The molecule has 10 heteroatoms. The molecule has 0 atom stereocenters. The molecule has 0 amide bonds. The molecule has 244 valence electrons. The van der Waals surface area contributed by atoms with Gasteiger partial charge < -0.3 is 14.2 Å². The van der Waals surface area contributed by atoms with Crippen LogP contribution in [0.1, 0.15) is 71.2 Å². The van der Waals surface area contributed by atoms with Gasteiger partial charge in [-0.3, -0.25) is 23.9 Å². The predicted octanol–water partition coefficient (Wildman–Crippen LogP) is 4.73. The lowest BCUT2D eigenvalue weighted by molar-refractivity contribution is 0.0982. The van der Waals surface area contributed by atoms with E-state index >= 15 is 0 Å². The summed E-state index contributed by atoms with van der Waals surface area (Å²) in [7, 11) is 0. The minimum absolute atomic E-state index is 0.0596. The van der Waals surface area contributed by atoms with Crippen molar-refractivity contribution in [1.82, 2.24) is 24.1 Å². The van der Waals surface area contributed by atoms with Crippen molar-refractivity contribution in [3.8, 4) is 11.8 Å². The smallest absolute Gasteiger partial charge is 0.268 e. The first-order valence-electron chi connectivity index (χ1n) is 16.2. The molecular weight excluding hydrogens is 604 g/mol. The van der Waals surface area contributed by atoms with E-state index in [1.54, 1.807) is 47.6 Å². The fraction of sp³-hybridized carbons (Fsp3) is 0.316. The molecule has 1 aliphatic rings. The molecule has 10 nitrogen and oxygen atoms in total. The maximum Gasteiger partial charge on any atom is 0.268 e. The molecule has 0 radical (unpaired) electrons. The lowest BCUT2D eigenvalue weighted by Crippen LogP contribution is -2.36. The molecule has 0 N–H and O–H groups in total. The molecule has 5 aromatic rings. The number of pyridine rings is 3. The number of hydrogen-bond acceptors (Lipinski definition) is 8. The van der Waals surface area contributed by atoms with E-state index in [4.69, 9.17) is 9.72 Å². The lowest BCUT2D eigenvalue weighted by atomic mass is 10.1. The van der Waals surface area contributed by atoms with Crippen molar-refractivity contribution in [3.05, 3.63) is 128 Å². The van der Waals surface area contributed by atoms with Crippen molar-refractivity contribution in [1.29, 1.82) is 0 Å². The summed E-state index contributed by atoms with van der Waals surface area (Å²) in [5.41, 5.74) is 4.30. The van der Waals surface area contributed by atoms with Crippen LogP contribution in [0.5, 0.6) is 0 Å². The van der Waals surface area contributed by atoms with Crippen LogP contribution in [0.25, 0.3) is 11.0 Å². The summed E-state index contributed by atoms with van der Waals surface area (Å²) in [6.07, 6.45) is 7.59. The molecule has 1 fully saturated rings. The number of hydrogen-bond donors (Lipinski definition) is 0. The molecule has 5 heterocycles.